The van der Waals surface area contributed by atoms with Gasteiger partial charge in [0.25, 0.3) is 5.91 Å². The zero-order valence-electron chi connectivity index (χ0n) is 13.2. The number of nitrogens with one attached hydrogen (secondary N) is 2. The first kappa shape index (κ1) is 15.2. The van der Waals surface area contributed by atoms with Gasteiger partial charge >= 0.3 is 0 Å². The van der Waals surface area contributed by atoms with Gasteiger partial charge in [0, 0.05) is 28.9 Å². The van der Waals surface area contributed by atoms with Gasteiger partial charge in [0.2, 0.25) is 0 Å². The third kappa shape index (κ3) is 2.82. The molecule has 0 saturated carbocycles. The molecular formula is C18H18N2O3. The second-order valence-electron chi connectivity index (χ2n) is 5.84. The van der Waals surface area contributed by atoms with Gasteiger partial charge in [-0.25, -0.2) is 0 Å². The van der Waals surface area contributed by atoms with Crippen LogP contribution in [-0.4, -0.2) is 22.5 Å². The topological polar surface area (TPSA) is 79.0 Å². The summed E-state index contributed by atoms with van der Waals surface area (Å²) in [6.07, 6.45) is 2.15. The summed E-state index contributed by atoms with van der Waals surface area (Å²) in [6.45, 7) is 3.30. The maximum atomic E-state index is 12.5. The van der Waals surface area contributed by atoms with Crippen LogP contribution in [0.5, 0.6) is 0 Å². The van der Waals surface area contributed by atoms with E-state index in [0.29, 0.717) is 34.5 Å². The Bertz CT molecular complexity index is 800. The largest absolute Gasteiger partial charge is 0.354 e. The number of Topliss-reactive ketones (excluding diaryl/α,β-unsaturated/α-hetero) is 2. The molecule has 23 heavy (non-hydrogen) atoms. The van der Waals surface area contributed by atoms with Crippen molar-refractivity contribution in [1.29, 1.82) is 0 Å². The third-order valence-corrected chi connectivity index (χ3v) is 4.21. The van der Waals surface area contributed by atoms with Crippen LogP contribution >= 0.6 is 0 Å². The van der Waals surface area contributed by atoms with Gasteiger partial charge in [0.1, 0.15) is 5.69 Å². The summed E-state index contributed by atoms with van der Waals surface area (Å²) < 4.78 is 0. The molecule has 118 valence electrons. The molecule has 0 fully saturated rings. The molecule has 1 aliphatic carbocycles. The highest BCUT2D eigenvalue weighted by molar-refractivity contribution is 6.08. The van der Waals surface area contributed by atoms with Crippen LogP contribution in [0.4, 0.5) is 5.69 Å². The third-order valence-electron chi connectivity index (χ3n) is 4.21. The van der Waals surface area contributed by atoms with Gasteiger partial charge in [-0.1, -0.05) is 0 Å². The Morgan fingerprint density at radius 3 is 2.43 bits per heavy atom. The van der Waals surface area contributed by atoms with Crippen molar-refractivity contribution in [2.45, 2.75) is 33.1 Å². The van der Waals surface area contributed by atoms with E-state index in [2.05, 4.69) is 10.3 Å². The number of H-pyrrole nitrogens is 1. The monoisotopic (exact) mass is 310 g/mol. The number of amides is 1. The van der Waals surface area contributed by atoms with Gasteiger partial charge in [-0.2, -0.15) is 0 Å². The predicted octanol–water partition coefficient (Wildman–Crippen LogP) is 3.30. The number of benzene rings is 1. The Hall–Kier alpha value is -2.69. The minimum Gasteiger partial charge on any atom is -0.354 e. The molecule has 0 spiro atoms. The van der Waals surface area contributed by atoms with Gasteiger partial charge < -0.3 is 10.3 Å². The molecule has 2 N–H and O–H groups in total. The molecule has 3 rings (SSSR count). The van der Waals surface area contributed by atoms with Crippen molar-refractivity contribution in [2.24, 2.45) is 0 Å². The van der Waals surface area contributed by atoms with Crippen molar-refractivity contribution < 1.29 is 14.4 Å². The van der Waals surface area contributed by atoms with Gasteiger partial charge in [-0.05, 0) is 56.5 Å². The maximum Gasteiger partial charge on any atom is 0.272 e. The molecule has 5 heteroatoms. The van der Waals surface area contributed by atoms with Gasteiger partial charge in [-0.3, -0.25) is 14.4 Å². The lowest BCUT2D eigenvalue weighted by Crippen LogP contribution is -2.14. The number of hydrogen-bond acceptors (Lipinski definition) is 3. The first-order chi connectivity index (χ1) is 11.0. The number of aromatic amines is 1. The molecule has 5 nitrogen and oxygen atoms in total. The zero-order chi connectivity index (χ0) is 16.6. The van der Waals surface area contributed by atoms with Crippen LogP contribution in [0, 0.1) is 6.92 Å². The van der Waals surface area contributed by atoms with Gasteiger partial charge in [0.15, 0.2) is 11.6 Å². The summed E-state index contributed by atoms with van der Waals surface area (Å²) in [7, 11) is 0. The van der Waals surface area contributed by atoms with Crippen LogP contribution in [0.1, 0.15) is 62.2 Å². The van der Waals surface area contributed by atoms with Crippen LogP contribution < -0.4 is 5.32 Å². The number of fused-ring (bicyclic) bond motifs is 1. The van der Waals surface area contributed by atoms with E-state index < -0.39 is 0 Å². The van der Waals surface area contributed by atoms with Crippen molar-refractivity contribution in [2.75, 3.05) is 5.32 Å². The van der Waals surface area contributed by atoms with Crippen LogP contribution in [0.3, 0.4) is 0 Å². The van der Waals surface area contributed by atoms with E-state index in [9.17, 15) is 14.4 Å². The number of ketones is 2. The molecule has 1 aliphatic rings. The Labute approximate surface area is 134 Å². The SMILES string of the molecule is CC(=O)c1ccc(NC(=O)c2[nH]c3c(c2C)C(=O)CCC3)cc1. The summed E-state index contributed by atoms with van der Waals surface area (Å²) in [4.78, 5) is 38.8. The number of anilines is 1. The fraction of sp³-hybridized carbons (Fsp3) is 0.278. The normalized spacial score (nSPS) is 13.6. The van der Waals surface area contributed by atoms with Crippen molar-refractivity contribution in [3.8, 4) is 0 Å². The maximum absolute atomic E-state index is 12.5. The molecule has 0 unspecified atom stereocenters. The molecule has 1 aromatic heterocycles. The number of hydrogen-bond donors (Lipinski definition) is 2. The van der Waals surface area contributed by atoms with E-state index in [4.69, 9.17) is 0 Å². The second-order valence-corrected chi connectivity index (χ2v) is 5.84. The standard InChI is InChI=1S/C18H18N2O3/c1-10-16-14(4-3-5-15(16)22)20-17(10)18(23)19-13-8-6-12(7-9-13)11(2)21/h6-9,20H,3-5H2,1-2H3,(H,19,23). The molecule has 2 aromatic rings. The number of aromatic nitrogens is 1. The average molecular weight is 310 g/mol. The Balaban J connectivity index is 1.84. The number of aryl methyl sites for hydroxylation is 1. The number of carbonyl (C=O) groups is 3. The summed E-state index contributed by atoms with van der Waals surface area (Å²) in [6, 6.07) is 6.73. The summed E-state index contributed by atoms with van der Waals surface area (Å²) >= 11 is 0. The summed E-state index contributed by atoms with van der Waals surface area (Å²) in [5.74, 6) is -0.195. The molecular weight excluding hydrogens is 292 g/mol. The van der Waals surface area contributed by atoms with E-state index in [1.807, 2.05) is 0 Å². The summed E-state index contributed by atoms with van der Waals surface area (Å²) in [5.41, 5.74) is 3.88. The number of carbonyl (C=O) groups excluding carboxylic acids is 3. The quantitative estimate of drug-likeness (QED) is 0.854. The van der Waals surface area contributed by atoms with E-state index in [1.54, 1.807) is 31.2 Å². The van der Waals surface area contributed by atoms with Crippen LogP contribution in [0.25, 0.3) is 0 Å². The van der Waals surface area contributed by atoms with Crippen molar-refractivity contribution in [1.82, 2.24) is 4.98 Å². The first-order valence-corrected chi connectivity index (χ1v) is 7.64. The van der Waals surface area contributed by atoms with Crippen molar-refractivity contribution >= 4 is 23.2 Å². The van der Waals surface area contributed by atoms with Crippen molar-refractivity contribution in [3.63, 3.8) is 0 Å². The zero-order valence-corrected chi connectivity index (χ0v) is 13.2. The van der Waals surface area contributed by atoms with Gasteiger partial charge in [0.05, 0.1) is 0 Å². The lowest BCUT2D eigenvalue weighted by atomic mass is 9.94. The first-order valence-electron chi connectivity index (χ1n) is 7.64. The second kappa shape index (κ2) is 5.83. The van der Waals surface area contributed by atoms with Crippen LogP contribution in [0.15, 0.2) is 24.3 Å². The molecule has 0 saturated heterocycles. The minimum atomic E-state index is -0.278. The predicted molar refractivity (Wildman–Crippen MR) is 87.2 cm³/mol. The van der Waals surface area contributed by atoms with E-state index in [-0.39, 0.29) is 17.5 Å². The van der Waals surface area contributed by atoms with E-state index >= 15 is 0 Å². The lowest BCUT2D eigenvalue weighted by molar-refractivity contribution is 0.0970. The molecule has 1 aromatic carbocycles. The fourth-order valence-corrected chi connectivity index (χ4v) is 2.98. The van der Waals surface area contributed by atoms with E-state index in [0.717, 1.165) is 18.5 Å². The van der Waals surface area contributed by atoms with Crippen LogP contribution in [0.2, 0.25) is 0 Å². The van der Waals surface area contributed by atoms with E-state index in [1.165, 1.54) is 6.92 Å². The van der Waals surface area contributed by atoms with Crippen LogP contribution in [-0.2, 0) is 6.42 Å². The molecule has 1 amide bonds. The smallest absolute Gasteiger partial charge is 0.272 e. The van der Waals surface area contributed by atoms with Crippen molar-refractivity contribution in [3.05, 3.63) is 52.3 Å². The highest BCUT2D eigenvalue weighted by Crippen LogP contribution is 2.27. The van der Waals surface area contributed by atoms with Gasteiger partial charge in [-0.15, -0.1) is 0 Å². The Kier molecular flexibility index (Phi) is 3.86. The summed E-state index contributed by atoms with van der Waals surface area (Å²) in [5, 5.41) is 2.80. The Morgan fingerprint density at radius 1 is 1.13 bits per heavy atom. The molecule has 1 heterocycles. The molecule has 0 aliphatic heterocycles. The lowest BCUT2D eigenvalue weighted by Gasteiger charge is -2.09. The Morgan fingerprint density at radius 2 is 1.83 bits per heavy atom. The molecule has 0 bridgehead atoms. The molecule has 0 atom stereocenters. The molecule has 0 radical (unpaired) electrons. The average Bonchev–Trinajstić information content (AvgIpc) is 2.86. The highest BCUT2D eigenvalue weighted by atomic mass is 16.2. The highest BCUT2D eigenvalue weighted by Gasteiger charge is 2.26. The fourth-order valence-electron chi connectivity index (χ4n) is 2.98. The minimum absolute atomic E-state index is 0.0192. The number of rotatable bonds is 3.